The highest BCUT2D eigenvalue weighted by molar-refractivity contribution is 7.47. The number of carbonyl (C=O) groups is 2. The minimum atomic E-state index is -4.40. The first-order chi connectivity index (χ1) is 40.0. The summed E-state index contributed by atoms with van der Waals surface area (Å²) in [5.41, 5.74) is 0. The lowest BCUT2D eigenvalue weighted by atomic mass is 10.0. The third kappa shape index (κ3) is 66.3. The monoisotopic (exact) mass is 1170 g/mol. The van der Waals surface area contributed by atoms with E-state index >= 15 is 0 Å². The lowest BCUT2D eigenvalue weighted by Crippen LogP contribution is -2.37. The second kappa shape index (κ2) is 62.7. The molecule has 2 unspecified atom stereocenters. The number of ether oxygens (including phenoxy) is 2. The van der Waals surface area contributed by atoms with Crippen LogP contribution >= 0.6 is 7.82 Å². The van der Waals surface area contributed by atoms with E-state index in [1.807, 2.05) is 21.1 Å². The van der Waals surface area contributed by atoms with Crippen molar-refractivity contribution in [3.05, 3.63) is 85.1 Å². The number of phosphoric acid groups is 1. The Morgan fingerprint density at radius 1 is 0.390 bits per heavy atom. The van der Waals surface area contributed by atoms with Gasteiger partial charge in [-0.1, -0.05) is 292 Å². The van der Waals surface area contributed by atoms with Gasteiger partial charge in [-0.2, -0.15) is 0 Å². The zero-order chi connectivity index (χ0) is 59.8. The molecule has 476 valence electrons. The first-order valence-electron chi connectivity index (χ1n) is 34.3. The molecule has 0 aliphatic carbocycles. The molecule has 0 radical (unpaired) electrons. The van der Waals surface area contributed by atoms with E-state index < -0.39 is 26.5 Å². The Morgan fingerprint density at radius 3 is 1.04 bits per heavy atom. The van der Waals surface area contributed by atoms with E-state index in [4.69, 9.17) is 18.5 Å². The molecule has 82 heavy (non-hydrogen) atoms. The number of hydrogen-bond acceptors (Lipinski definition) is 7. The highest BCUT2D eigenvalue weighted by atomic mass is 31.2. The second-order valence-corrected chi connectivity index (χ2v) is 25.6. The zero-order valence-corrected chi connectivity index (χ0v) is 55.1. The molecule has 0 aromatic rings. The van der Waals surface area contributed by atoms with Crippen molar-refractivity contribution in [3.63, 3.8) is 0 Å². The molecule has 0 spiro atoms. The third-order valence-electron chi connectivity index (χ3n) is 14.9. The highest BCUT2D eigenvalue weighted by Gasteiger charge is 2.27. The Kier molecular flexibility index (Phi) is 60.6. The molecular formula is C72H131NO8P+. The fourth-order valence-corrected chi connectivity index (χ4v) is 10.4. The number of hydrogen-bond donors (Lipinski definition) is 1. The molecule has 0 aromatic heterocycles. The minimum Gasteiger partial charge on any atom is -0.462 e. The van der Waals surface area contributed by atoms with Gasteiger partial charge in [0.2, 0.25) is 0 Å². The molecule has 0 saturated carbocycles. The third-order valence-corrected chi connectivity index (χ3v) is 15.9. The van der Waals surface area contributed by atoms with Crippen LogP contribution < -0.4 is 0 Å². The van der Waals surface area contributed by atoms with Crippen LogP contribution in [0.5, 0.6) is 0 Å². The molecule has 0 amide bonds. The van der Waals surface area contributed by atoms with Crippen LogP contribution in [0.3, 0.4) is 0 Å². The van der Waals surface area contributed by atoms with Crippen LogP contribution in [0.2, 0.25) is 0 Å². The number of carbonyl (C=O) groups excluding carboxylic acids is 2. The maximum absolute atomic E-state index is 12.8. The van der Waals surface area contributed by atoms with E-state index in [9.17, 15) is 19.0 Å². The number of phosphoric ester groups is 1. The van der Waals surface area contributed by atoms with Crippen LogP contribution in [0.4, 0.5) is 0 Å². The quantitative estimate of drug-likeness (QED) is 0.0211. The summed E-state index contributed by atoms with van der Waals surface area (Å²) in [6.07, 6.45) is 85.6. The molecule has 0 bridgehead atoms. The molecular weight excluding hydrogens is 1040 g/mol. The summed E-state index contributed by atoms with van der Waals surface area (Å²) in [5.74, 6) is -0.812. The number of rotatable bonds is 63. The molecule has 0 aromatic carbocycles. The Bertz CT molecular complexity index is 1660. The fraction of sp³-hybridized carbons (Fsp3) is 0.778. The molecule has 2 atom stereocenters. The maximum atomic E-state index is 12.8. The number of esters is 2. The van der Waals surface area contributed by atoms with Crippen molar-refractivity contribution >= 4 is 19.8 Å². The smallest absolute Gasteiger partial charge is 0.462 e. The lowest BCUT2D eigenvalue weighted by Gasteiger charge is -2.24. The summed E-state index contributed by atoms with van der Waals surface area (Å²) in [6.45, 7) is 4.31. The number of unbranched alkanes of at least 4 members (excludes halogenated alkanes) is 35. The normalized spacial score (nSPS) is 13.7. The standard InChI is InChI=1S/C72H130NO8P/c1-6-8-10-12-14-16-18-20-22-24-26-28-29-30-31-32-33-34-35-36-37-38-39-40-41-42-43-45-46-48-50-52-54-56-58-60-62-64-71(74)78-68-70(69-80-82(76,77)79-67-66-73(3,4)5)81-72(75)65-63-61-59-57-55-53-51-49-47-44-27-25-23-21-19-17-15-13-11-9-7-2/h9,11,15,17-18,20-21,23-24,26-27,44,49,51,70H,6-8,10,12-14,16,19,22,25,28-43,45-48,50,52-69H2,1-5H3/p+1/b11-9-,17-15-,20-18-,23-21-,26-24-,44-27-,51-49-. The van der Waals surface area contributed by atoms with Gasteiger partial charge in [0, 0.05) is 12.8 Å². The van der Waals surface area contributed by atoms with E-state index in [-0.39, 0.29) is 32.0 Å². The molecule has 0 rings (SSSR count). The van der Waals surface area contributed by atoms with E-state index in [0.717, 1.165) is 89.9 Å². The SMILES string of the molecule is CC/C=C\C/C=C\C/C=C\C/C=C\C/C=C\CCCCCCCC(=O)OC(COC(=O)CCCCCCCCCCCCCCCCCCCCCCCCCCC/C=C\C/C=C\CCCCCCC)COP(=O)(O)OCC[N+](C)(C)C. The van der Waals surface area contributed by atoms with Crippen LogP contribution in [0.15, 0.2) is 85.1 Å². The number of allylic oxidation sites excluding steroid dienone is 14. The molecule has 0 fully saturated rings. The zero-order valence-electron chi connectivity index (χ0n) is 54.2. The summed E-state index contributed by atoms with van der Waals surface area (Å²) in [4.78, 5) is 35.8. The van der Waals surface area contributed by atoms with E-state index in [0.29, 0.717) is 17.4 Å². The molecule has 0 saturated heterocycles. The summed E-state index contributed by atoms with van der Waals surface area (Å²) in [7, 11) is 1.46. The van der Waals surface area contributed by atoms with Crippen LogP contribution in [-0.4, -0.2) is 74.9 Å². The minimum absolute atomic E-state index is 0.0253. The molecule has 0 heterocycles. The summed E-state index contributed by atoms with van der Waals surface area (Å²) in [5, 5.41) is 0. The molecule has 10 heteroatoms. The molecule has 0 aliphatic rings. The van der Waals surface area contributed by atoms with Crippen molar-refractivity contribution in [1.82, 2.24) is 0 Å². The Morgan fingerprint density at radius 2 is 0.695 bits per heavy atom. The van der Waals surface area contributed by atoms with Crippen LogP contribution in [0, 0.1) is 0 Å². The van der Waals surface area contributed by atoms with E-state index in [2.05, 4.69) is 98.9 Å². The van der Waals surface area contributed by atoms with Crippen LogP contribution in [0.1, 0.15) is 309 Å². The number of likely N-dealkylation sites (N-methyl/N-ethyl adjacent to an activating group) is 1. The van der Waals surface area contributed by atoms with Crippen molar-refractivity contribution < 1.29 is 42.1 Å². The van der Waals surface area contributed by atoms with Gasteiger partial charge in [-0.25, -0.2) is 4.57 Å². The van der Waals surface area contributed by atoms with Gasteiger partial charge in [-0.15, -0.1) is 0 Å². The van der Waals surface area contributed by atoms with E-state index in [1.54, 1.807) is 0 Å². The number of nitrogens with zero attached hydrogens (tertiary/aromatic N) is 1. The van der Waals surface area contributed by atoms with Crippen molar-refractivity contribution in [2.75, 3.05) is 47.5 Å². The van der Waals surface area contributed by atoms with Crippen molar-refractivity contribution in [2.24, 2.45) is 0 Å². The second-order valence-electron chi connectivity index (χ2n) is 24.2. The van der Waals surface area contributed by atoms with Gasteiger partial charge in [-0.05, 0) is 89.9 Å². The van der Waals surface area contributed by atoms with Gasteiger partial charge in [0.1, 0.15) is 19.8 Å². The molecule has 9 nitrogen and oxygen atoms in total. The first-order valence-corrected chi connectivity index (χ1v) is 35.8. The molecule has 0 aliphatic heterocycles. The van der Waals surface area contributed by atoms with Gasteiger partial charge in [0.05, 0.1) is 27.7 Å². The van der Waals surface area contributed by atoms with Gasteiger partial charge in [0.15, 0.2) is 6.10 Å². The van der Waals surface area contributed by atoms with Gasteiger partial charge in [-0.3, -0.25) is 18.6 Å². The van der Waals surface area contributed by atoms with Gasteiger partial charge < -0.3 is 18.9 Å². The molecule has 1 N–H and O–H groups in total. The summed E-state index contributed by atoms with van der Waals surface area (Å²) >= 11 is 0. The van der Waals surface area contributed by atoms with E-state index in [1.165, 1.54) is 186 Å². The summed E-state index contributed by atoms with van der Waals surface area (Å²) in [6, 6.07) is 0. The topological polar surface area (TPSA) is 108 Å². The Labute approximate surface area is 507 Å². The average Bonchev–Trinajstić information content (AvgIpc) is 3.46. The Balaban J connectivity index is 3.98. The van der Waals surface area contributed by atoms with Crippen LogP contribution in [-0.2, 0) is 32.7 Å². The van der Waals surface area contributed by atoms with Crippen molar-refractivity contribution in [2.45, 2.75) is 315 Å². The fourth-order valence-electron chi connectivity index (χ4n) is 9.66. The summed E-state index contributed by atoms with van der Waals surface area (Å²) < 4.78 is 34.6. The largest absolute Gasteiger partial charge is 0.472 e. The average molecular weight is 1170 g/mol. The van der Waals surface area contributed by atoms with Crippen molar-refractivity contribution in [3.8, 4) is 0 Å². The van der Waals surface area contributed by atoms with Gasteiger partial charge in [0.25, 0.3) is 0 Å². The first kappa shape index (κ1) is 79.2. The van der Waals surface area contributed by atoms with Crippen molar-refractivity contribution in [1.29, 1.82) is 0 Å². The predicted molar refractivity (Wildman–Crippen MR) is 353 cm³/mol. The Hall–Kier alpha value is -2.81. The van der Waals surface area contributed by atoms with Crippen LogP contribution in [0.25, 0.3) is 0 Å². The maximum Gasteiger partial charge on any atom is 0.472 e. The number of quaternary nitrogens is 1. The predicted octanol–water partition coefficient (Wildman–Crippen LogP) is 22.2. The highest BCUT2D eigenvalue weighted by Crippen LogP contribution is 2.43. The lowest BCUT2D eigenvalue weighted by molar-refractivity contribution is -0.870. The van der Waals surface area contributed by atoms with Gasteiger partial charge >= 0.3 is 19.8 Å².